The zero-order valence-corrected chi connectivity index (χ0v) is 12.9. The van der Waals surface area contributed by atoms with Gasteiger partial charge in [-0.3, -0.25) is 0 Å². The largest absolute Gasteiger partial charge is 0.497 e. The number of methoxy groups -OCH3 is 2. The molecule has 1 aromatic rings. The summed E-state index contributed by atoms with van der Waals surface area (Å²) in [6.07, 6.45) is 0.780. The lowest BCUT2D eigenvalue weighted by molar-refractivity contribution is 0.381. The van der Waals surface area contributed by atoms with E-state index in [0.717, 1.165) is 12.0 Å². The summed E-state index contributed by atoms with van der Waals surface area (Å²) >= 11 is 0. The van der Waals surface area contributed by atoms with E-state index in [1.807, 2.05) is 13.0 Å². The van der Waals surface area contributed by atoms with E-state index in [9.17, 15) is 8.42 Å². The van der Waals surface area contributed by atoms with Crippen LogP contribution >= 0.6 is 0 Å². The van der Waals surface area contributed by atoms with Gasteiger partial charge in [-0.15, -0.1) is 0 Å². The Bertz CT molecular complexity index is 571. The second-order valence-corrected chi connectivity index (χ2v) is 7.16. The zero-order chi connectivity index (χ0) is 14.8. The number of nitrogens with one attached hydrogen (secondary N) is 1. The summed E-state index contributed by atoms with van der Waals surface area (Å²) in [5, 5.41) is 3.39. The van der Waals surface area contributed by atoms with Gasteiger partial charge < -0.3 is 14.8 Å². The number of ether oxygens (including phenoxy) is 2. The molecule has 20 heavy (non-hydrogen) atoms. The summed E-state index contributed by atoms with van der Waals surface area (Å²) < 4.78 is 34.7. The van der Waals surface area contributed by atoms with Gasteiger partial charge in [-0.2, -0.15) is 0 Å². The van der Waals surface area contributed by atoms with Crippen molar-refractivity contribution in [2.45, 2.75) is 25.4 Å². The third kappa shape index (κ3) is 3.24. The van der Waals surface area contributed by atoms with Crippen LogP contribution in [-0.4, -0.2) is 40.2 Å². The molecule has 0 amide bonds. The highest BCUT2D eigenvalue weighted by Gasteiger charge is 2.32. The lowest BCUT2D eigenvalue weighted by Gasteiger charge is -2.31. The summed E-state index contributed by atoms with van der Waals surface area (Å²) in [5.41, 5.74) is 0.827. The molecule has 0 saturated carbocycles. The van der Waals surface area contributed by atoms with Crippen LogP contribution in [0.5, 0.6) is 11.5 Å². The van der Waals surface area contributed by atoms with Crippen LogP contribution in [0.1, 0.15) is 24.9 Å². The van der Waals surface area contributed by atoms with Crippen molar-refractivity contribution >= 4 is 9.84 Å². The average molecular weight is 299 g/mol. The van der Waals surface area contributed by atoms with Crippen molar-refractivity contribution in [2.24, 2.45) is 0 Å². The fraction of sp³-hybridized carbons (Fsp3) is 0.571. The van der Waals surface area contributed by atoms with Crippen molar-refractivity contribution in [2.75, 3.05) is 25.7 Å². The number of sulfone groups is 1. The molecule has 0 spiro atoms. The van der Waals surface area contributed by atoms with Gasteiger partial charge in [0.05, 0.1) is 31.8 Å². The van der Waals surface area contributed by atoms with Gasteiger partial charge in [0.1, 0.15) is 11.5 Å². The first-order chi connectivity index (χ1) is 9.49. The van der Waals surface area contributed by atoms with Gasteiger partial charge in [0.15, 0.2) is 9.84 Å². The van der Waals surface area contributed by atoms with E-state index in [1.165, 1.54) is 0 Å². The first kappa shape index (κ1) is 15.1. The van der Waals surface area contributed by atoms with E-state index in [0.29, 0.717) is 11.5 Å². The normalized spacial score (nSPS) is 25.1. The summed E-state index contributed by atoms with van der Waals surface area (Å²) in [7, 11) is 0.127. The quantitative estimate of drug-likeness (QED) is 0.913. The Balaban J connectivity index is 2.38. The van der Waals surface area contributed by atoms with Crippen LogP contribution in [0.4, 0.5) is 0 Å². The van der Waals surface area contributed by atoms with Crippen molar-refractivity contribution in [1.82, 2.24) is 5.32 Å². The maximum absolute atomic E-state index is 12.0. The second-order valence-electron chi connectivity index (χ2n) is 5.01. The number of hydrogen-bond acceptors (Lipinski definition) is 5. The van der Waals surface area contributed by atoms with Gasteiger partial charge in [-0.1, -0.05) is 6.92 Å². The van der Waals surface area contributed by atoms with Gasteiger partial charge >= 0.3 is 0 Å². The van der Waals surface area contributed by atoms with Gasteiger partial charge in [-0.05, 0) is 24.6 Å². The molecule has 0 radical (unpaired) electrons. The van der Waals surface area contributed by atoms with Gasteiger partial charge in [0.25, 0.3) is 0 Å². The van der Waals surface area contributed by atoms with Gasteiger partial charge in [0, 0.05) is 11.6 Å². The molecule has 1 heterocycles. The fourth-order valence-corrected chi connectivity index (χ4v) is 4.40. The van der Waals surface area contributed by atoms with Crippen LogP contribution < -0.4 is 14.8 Å². The van der Waals surface area contributed by atoms with Crippen molar-refractivity contribution in [3.05, 3.63) is 23.8 Å². The topological polar surface area (TPSA) is 64.6 Å². The van der Waals surface area contributed by atoms with Crippen molar-refractivity contribution in [3.8, 4) is 11.5 Å². The van der Waals surface area contributed by atoms with E-state index >= 15 is 0 Å². The predicted octanol–water partition coefficient (Wildman–Crippen LogP) is 1.54. The first-order valence-electron chi connectivity index (χ1n) is 6.67. The molecule has 2 unspecified atom stereocenters. The van der Waals surface area contributed by atoms with Crippen LogP contribution in [0.15, 0.2) is 18.2 Å². The molecule has 1 saturated heterocycles. The third-order valence-corrected chi connectivity index (χ3v) is 5.37. The van der Waals surface area contributed by atoms with Crippen molar-refractivity contribution in [3.63, 3.8) is 0 Å². The van der Waals surface area contributed by atoms with E-state index in [4.69, 9.17) is 9.47 Å². The Kier molecular flexibility index (Phi) is 4.55. The minimum Gasteiger partial charge on any atom is -0.497 e. The molecular weight excluding hydrogens is 278 g/mol. The molecular formula is C14H21NO4S. The van der Waals surface area contributed by atoms with Gasteiger partial charge in [0.2, 0.25) is 0 Å². The van der Waals surface area contributed by atoms with Crippen LogP contribution in [0.25, 0.3) is 0 Å². The van der Waals surface area contributed by atoms with Crippen LogP contribution in [-0.2, 0) is 9.84 Å². The van der Waals surface area contributed by atoms with E-state index in [2.05, 4.69) is 5.32 Å². The van der Waals surface area contributed by atoms with Crippen molar-refractivity contribution < 1.29 is 17.9 Å². The average Bonchev–Trinajstić information content (AvgIpc) is 2.44. The third-order valence-electron chi connectivity index (χ3n) is 3.62. The number of benzene rings is 1. The molecule has 1 aliphatic heterocycles. The fourth-order valence-electron chi connectivity index (χ4n) is 2.54. The highest BCUT2D eigenvalue weighted by Crippen LogP contribution is 2.32. The summed E-state index contributed by atoms with van der Waals surface area (Å²) in [5.74, 6) is 1.66. The Morgan fingerprint density at radius 3 is 2.60 bits per heavy atom. The standard InChI is InChI=1S/C14H21NO4S/c1-4-10-8-20(16,17)9-13(15-10)12-7-11(18-2)5-6-14(12)19-3/h5-7,10,13,15H,4,8-9H2,1-3H3. The van der Waals surface area contributed by atoms with E-state index in [1.54, 1.807) is 26.4 Å². The molecule has 1 aliphatic rings. The molecule has 112 valence electrons. The molecule has 0 bridgehead atoms. The Labute approximate surface area is 120 Å². The minimum atomic E-state index is -3.04. The minimum absolute atomic E-state index is 0.0188. The van der Waals surface area contributed by atoms with Gasteiger partial charge in [-0.25, -0.2) is 8.42 Å². The first-order valence-corrected chi connectivity index (χ1v) is 8.49. The SMILES string of the molecule is CCC1CS(=O)(=O)CC(c2cc(OC)ccc2OC)N1. The van der Waals surface area contributed by atoms with E-state index in [-0.39, 0.29) is 23.6 Å². The Hall–Kier alpha value is -1.27. The molecule has 1 N–H and O–H groups in total. The molecule has 0 aromatic heterocycles. The molecule has 6 heteroatoms. The second kappa shape index (κ2) is 6.01. The lowest BCUT2D eigenvalue weighted by Crippen LogP contribution is -2.46. The highest BCUT2D eigenvalue weighted by molar-refractivity contribution is 7.91. The predicted molar refractivity (Wildman–Crippen MR) is 78.2 cm³/mol. The molecule has 2 atom stereocenters. The maximum Gasteiger partial charge on any atom is 0.153 e. The maximum atomic E-state index is 12.0. The Morgan fingerprint density at radius 2 is 2.00 bits per heavy atom. The molecule has 5 nitrogen and oxygen atoms in total. The van der Waals surface area contributed by atoms with Crippen molar-refractivity contribution in [1.29, 1.82) is 0 Å². The number of rotatable bonds is 4. The smallest absolute Gasteiger partial charge is 0.153 e. The summed E-state index contributed by atoms with van der Waals surface area (Å²) in [6, 6.07) is 5.16. The molecule has 0 aliphatic carbocycles. The van der Waals surface area contributed by atoms with Crippen LogP contribution in [0.3, 0.4) is 0 Å². The summed E-state index contributed by atoms with van der Waals surface area (Å²) in [4.78, 5) is 0. The van der Waals surface area contributed by atoms with Crippen LogP contribution in [0.2, 0.25) is 0 Å². The molecule has 1 fully saturated rings. The molecule has 2 rings (SSSR count). The number of hydrogen-bond donors (Lipinski definition) is 1. The molecule has 1 aromatic carbocycles. The Morgan fingerprint density at radius 1 is 1.25 bits per heavy atom. The monoisotopic (exact) mass is 299 g/mol. The highest BCUT2D eigenvalue weighted by atomic mass is 32.2. The van der Waals surface area contributed by atoms with E-state index < -0.39 is 9.84 Å². The zero-order valence-electron chi connectivity index (χ0n) is 12.0. The summed E-state index contributed by atoms with van der Waals surface area (Å²) in [6.45, 7) is 1.98. The van der Waals surface area contributed by atoms with Crippen LogP contribution in [0, 0.1) is 0 Å². The lowest BCUT2D eigenvalue weighted by atomic mass is 10.0.